The van der Waals surface area contributed by atoms with Gasteiger partial charge in [-0.3, -0.25) is 0 Å². The Morgan fingerprint density at radius 2 is 1.50 bits per heavy atom. The fourth-order valence-electron chi connectivity index (χ4n) is 0. The molecule has 0 aliphatic carbocycles. The molecule has 0 radical (unpaired) electrons. The quantitative estimate of drug-likeness (QED) is 0.386. The minimum Gasteiger partial charge on any atom is -0.396 e. The Labute approximate surface area is 44.6 Å². The molecule has 3 N–H and O–H groups in total. The number of hydrogen-bond acceptors (Lipinski definition) is 4. The summed E-state index contributed by atoms with van der Waals surface area (Å²) >= 11 is -3.76. The average Bonchev–Trinajstić information content (AvgIpc) is 1.41. The SMILES string of the molecule is CN.[O-][I+2]([O-])O. The molecule has 4 nitrogen and oxygen atoms in total. The maximum Gasteiger partial charge on any atom is 0.503 e. The first kappa shape index (κ1) is 9.76. The molecule has 0 aliphatic heterocycles. The maximum absolute atomic E-state index is 8.68. The summed E-state index contributed by atoms with van der Waals surface area (Å²) in [5.74, 6) is 0. The van der Waals surface area contributed by atoms with Gasteiger partial charge in [-0.1, -0.05) is 0 Å². The van der Waals surface area contributed by atoms with E-state index in [9.17, 15) is 0 Å². The Hall–Kier alpha value is 0.570. The summed E-state index contributed by atoms with van der Waals surface area (Å²) in [7, 11) is 1.50. The monoisotopic (exact) mass is 207 g/mol. The predicted molar refractivity (Wildman–Crippen MR) is 12.3 cm³/mol. The molecule has 0 atom stereocenters. The van der Waals surface area contributed by atoms with Crippen molar-refractivity contribution in [1.82, 2.24) is 0 Å². The van der Waals surface area contributed by atoms with Gasteiger partial charge in [0.25, 0.3) is 0 Å². The third-order valence-electron chi connectivity index (χ3n) is 0. The van der Waals surface area contributed by atoms with Gasteiger partial charge in [-0.15, -0.1) is 0 Å². The zero-order chi connectivity index (χ0) is 5.58. The number of rotatable bonds is 0. The molecule has 0 spiro atoms. The average molecular weight is 207 g/mol. The first-order valence-electron chi connectivity index (χ1n) is 1.05. The normalized spacial score (nSPS) is 7.00. The largest absolute Gasteiger partial charge is 0.503 e. The van der Waals surface area contributed by atoms with Gasteiger partial charge in [0.05, 0.1) is 0 Å². The molecular weight excluding hydrogens is 201 g/mol. The van der Waals surface area contributed by atoms with Gasteiger partial charge in [0.1, 0.15) is 0 Å². The Kier molecular flexibility index (Phi) is 14.8. The lowest BCUT2D eigenvalue weighted by atomic mass is 11.6. The minimum atomic E-state index is -3.76. The lowest BCUT2D eigenvalue weighted by Gasteiger charge is -1.67. The van der Waals surface area contributed by atoms with Crippen molar-refractivity contribution >= 4 is 0 Å². The molecule has 0 unspecified atom stereocenters. The van der Waals surface area contributed by atoms with E-state index in [2.05, 4.69) is 5.73 Å². The Bertz CT molecular complexity index is 15.5. The summed E-state index contributed by atoms with van der Waals surface area (Å²) in [5, 5.41) is 0. The Morgan fingerprint density at radius 3 is 1.50 bits per heavy atom. The van der Waals surface area contributed by atoms with Crippen LogP contribution in [0.3, 0.4) is 0 Å². The van der Waals surface area contributed by atoms with Gasteiger partial charge in [0.15, 0.2) is 0 Å². The third-order valence-corrected chi connectivity index (χ3v) is 0. The van der Waals surface area contributed by atoms with Gasteiger partial charge in [0, 0.05) is 0 Å². The second kappa shape index (κ2) is 9.13. The summed E-state index contributed by atoms with van der Waals surface area (Å²) in [6, 6.07) is 0. The van der Waals surface area contributed by atoms with E-state index in [0.717, 1.165) is 0 Å². The highest BCUT2D eigenvalue weighted by Gasteiger charge is 1.89. The minimum absolute atomic E-state index is 1.50. The zero-order valence-corrected chi connectivity index (χ0v) is 5.38. The molecule has 0 aromatic rings. The lowest BCUT2D eigenvalue weighted by molar-refractivity contribution is -1.63. The van der Waals surface area contributed by atoms with E-state index in [1.165, 1.54) is 7.05 Å². The van der Waals surface area contributed by atoms with Crippen LogP contribution in [0.15, 0.2) is 0 Å². The first-order valence-corrected chi connectivity index (χ1v) is 3.78. The standard InChI is InChI=1S/CH5N.HIO3/c1-2;2-1(3)4/h2H2,1H3;2H. The summed E-state index contributed by atoms with van der Waals surface area (Å²) < 4.78 is 24.5. The molecule has 5 heteroatoms. The van der Waals surface area contributed by atoms with Gasteiger partial charge in [-0.25, -0.2) is 0 Å². The van der Waals surface area contributed by atoms with Crippen LogP contribution in [0.2, 0.25) is 0 Å². The summed E-state index contributed by atoms with van der Waals surface area (Å²) in [6.45, 7) is 0. The van der Waals surface area contributed by atoms with E-state index in [1.54, 1.807) is 0 Å². The van der Waals surface area contributed by atoms with Crippen molar-refractivity contribution in [2.75, 3.05) is 7.05 Å². The van der Waals surface area contributed by atoms with Gasteiger partial charge in [-0.2, -0.15) is 0 Å². The smallest absolute Gasteiger partial charge is 0.396 e. The zero-order valence-electron chi connectivity index (χ0n) is 3.22. The van der Waals surface area contributed by atoms with E-state index in [-0.39, 0.29) is 0 Å². The van der Waals surface area contributed by atoms with E-state index >= 15 is 0 Å². The van der Waals surface area contributed by atoms with Crippen molar-refractivity contribution in [2.24, 2.45) is 5.73 Å². The third kappa shape index (κ3) is 179. The molecule has 0 bridgehead atoms. The molecule has 0 aromatic carbocycles. The predicted octanol–water partition coefficient (Wildman–Crippen LogP) is -6.36. The van der Waals surface area contributed by atoms with Crippen LogP contribution in [0.4, 0.5) is 0 Å². The highest BCUT2D eigenvalue weighted by molar-refractivity contribution is 3.54. The number of nitrogens with two attached hydrogens (primary N) is 1. The molecule has 0 rings (SSSR count). The van der Waals surface area contributed by atoms with Crippen LogP contribution < -0.4 is 33.7 Å². The summed E-state index contributed by atoms with van der Waals surface area (Å²) in [6.07, 6.45) is 0. The van der Waals surface area contributed by atoms with E-state index in [4.69, 9.17) is 10.3 Å². The van der Waals surface area contributed by atoms with Crippen LogP contribution in [0.25, 0.3) is 0 Å². The van der Waals surface area contributed by atoms with Gasteiger partial charge in [0.2, 0.25) is 0 Å². The van der Waals surface area contributed by atoms with Crippen LogP contribution in [0, 0.1) is 0 Å². The number of hydrogen-bond donors (Lipinski definition) is 2. The van der Waals surface area contributed by atoms with Crippen molar-refractivity contribution in [1.29, 1.82) is 0 Å². The van der Waals surface area contributed by atoms with Gasteiger partial charge < -0.3 is 12.6 Å². The van der Waals surface area contributed by atoms with Crippen LogP contribution in [0.1, 0.15) is 0 Å². The van der Waals surface area contributed by atoms with Crippen molar-refractivity contribution in [2.45, 2.75) is 0 Å². The van der Waals surface area contributed by atoms with Crippen molar-refractivity contribution < 1.29 is 31.4 Å². The second-order valence-corrected chi connectivity index (χ2v) is 1.35. The molecule has 6 heavy (non-hydrogen) atoms. The molecule has 40 valence electrons. The maximum atomic E-state index is 8.68. The van der Waals surface area contributed by atoms with Crippen molar-refractivity contribution in [3.63, 3.8) is 0 Å². The Balaban J connectivity index is 0. The molecule has 0 aliphatic rings. The summed E-state index contributed by atoms with van der Waals surface area (Å²) in [4.78, 5) is 0. The Morgan fingerprint density at radius 1 is 1.50 bits per heavy atom. The van der Waals surface area contributed by atoms with E-state index in [1.807, 2.05) is 0 Å². The lowest BCUT2D eigenvalue weighted by Crippen LogP contribution is -3.98. The molecule has 0 saturated heterocycles. The molecule has 0 heterocycles. The van der Waals surface area contributed by atoms with Crippen LogP contribution in [-0.2, 0) is 0 Å². The number of halogens is 1. The van der Waals surface area contributed by atoms with Crippen molar-refractivity contribution in [3.8, 4) is 0 Å². The highest BCUT2D eigenvalue weighted by Crippen LogP contribution is 0.469. The van der Waals surface area contributed by atoms with E-state index < -0.39 is 21.1 Å². The molecular formula is CH6INO3. The van der Waals surface area contributed by atoms with Crippen LogP contribution >= 0.6 is 0 Å². The molecule has 0 saturated carbocycles. The van der Waals surface area contributed by atoms with Crippen LogP contribution in [0.5, 0.6) is 0 Å². The fourth-order valence-corrected chi connectivity index (χ4v) is 0. The summed E-state index contributed by atoms with van der Waals surface area (Å²) in [5.41, 5.74) is 4.50. The second-order valence-electron chi connectivity index (χ2n) is 0.201. The van der Waals surface area contributed by atoms with E-state index in [0.29, 0.717) is 0 Å². The topological polar surface area (TPSA) is 92.4 Å². The van der Waals surface area contributed by atoms with Gasteiger partial charge >= 0.3 is 21.1 Å². The van der Waals surface area contributed by atoms with Gasteiger partial charge in [-0.05, 0) is 10.5 Å². The molecule has 0 amide bonds. The molecule has 0 aromatic heterocycles. The fraction of sp³-hybridized carbons (Fsp3) is 1.00. The highest BCUT2D eigenvalue weighted by atomic mass is 127. The van der Waals surface area contributed by atoms with Crippen molar-refractivity contribution in [3.05, 3.63) is 0 Å². The van der Waals surface area contributed by atoms with Crippen LogP contribution in [-0.4, -0.2) is 10.5 Å². The first-order chi connectivity index (χ1) is 2.73. The molecule has 0 fully saturated rings.